The van der Waals surface area contributed by atoms with Crippen molar-refractivity contribution in [1.29, 1.82) is 0 Å². The largest absolute Gasteiger partial charge is 0.478 e. The third-order valence-corrected chi connectivity index (χ3v) is 6.04. The molecule has 1 aliphatic rings. The van der Waals surface area contributed by atoms with Gasteiger partial charge in [-0.25, -0.2) is 9.59 Å². The number of carboxylic acid groups (broad SMARTS) is 2. The summed E-state index contributed by atoms with van der Waals surface area (Å²) in [6, 6.07) is 12.9. The highest BCUT2D eigenvalue weighted by molar-refractivity contribution is 8.18. The maximum atomic E-state index is 12.7. The molecule has 2 aromatic carbocycles. The molecule has 2 heterocycles. The van der Waals surface area contributed by atoms with Crippen LogP contribution in [-0.4, -0.2) is 50.6 Å². The molecule has 3 N–H and O–H groups in total. The molecular formula is C24H15ClN2O8S. The fourth-order valence-corrected chi connectivity index (χ4v) is 4.29. The Hall–Kier alpha value is -4.35. The zero-order valence-corrected chi connectivity index (χ0v) is 19.6. The number of rotatable bonds is 7. The number of furan rings is 1. The lowest BCUT2D eigenvalue weighted by atomic mass is 10.0. The van der Waals surface area contributed by atoms with Gasteiger partial charge in [-0.2, -0.15) is 0 Å². The van der Waals surface area contributed by atoms with E-state index in [0.717, 1.165) is 11.0 Å². The first-order valence-electron chi connectivity index (χ1n) is 10.1. The Morgan fingerprint density at radius 1 is 1.00 bits per heavy atom. The third-order valence-electron chi connectivity index (χ3n) is 4.90. The van der Waals surface area contributed by atoms with Crippen LogP contribution in [0.5, 0.6) is 0 Å². The number of nitrogens with zero attached hydrogens (tertiary/aromatic N) is 1. The second-order valence-electron chi connectivity index (χ2n) is 7.44. The molecular weight excluding hydrogens is 512 g/mol. The van der Waals surface area contributed by atoms with Gasteiger partial charge in [0.15, 0.2) is 0 Å². The molecule has 0 saturated carbocycles. The van der Waals surface area contributed by atoms with Gasteiger partial charge >= 0.3 is 11.9 Å². The predicted octanol–water partition coefficient (Wildman–Crippen LogP) is 4.67. The molecule has 1 aliphatic heterocycles. The minimum absolute atomic E-state index is 0.0157. The molecule has 12 heteroatoms. The molecule has 4 rings (SSSR count). The van der Waals surface area contributed by atoms with E-state index in [-0.39, 0.29) is 33.1 Å². The number of hydrogen-bond acceptors (Lipinski definition) is 7. The van der Waals surface area contributed by atoms with Crippen LogP contribution in [0.1, 0.15) is 26.5 Å². The van der Waals surface area contributed by atoms with Crippen LogP contribution >= 0.6 is 23.4 Å². The van der Waals surface area contributed by atoms with Crippen molar-refractivity contribution < 1.29 is 38.6 Å². The van der Waals surface area contributed by atoms with Crippen molar-refractivity contribution >= 4 is 64.1 Å². The summed E-state index contributed by atoms with van der Waals surface area (Å²) in [5, 5.41) is 20.8. The fourth-order valence-electron chi connectivity index (χ4n) is 3.28. The third kappa shape index (κ3) is 5.48. The number of halogens is 1. The quantitative estimate of drug-likeness (QED) is 0.372. The zero-order valence-electron chi connectivity index (χ0n) is 18.1. The van der Waals surface area contributed by atoms with Gasteiger partial charge in [0, 0.05) is 22.3 Å². The predicted molar refractivity (Wildman–Crippen MR) is 131 cm³/mol. The number of nitrogens with one attached hydrogen (secondary N) is 1. The maximum Gasteiger partial charge on any atom is 0.335 e. The number of anilines is 1. The Balaban J connectivity index is 1.51. The summed E-state index contributed by atoms with van der Waals surface area (Å²) in [5.41, 5.74) is 0.147. The zero-order chi connectivity index (χ0) is 26.0. The van der Waals surface area contributed by atoms with Gasteiger partial charge in [0.1, 0.15) is 18.1 Å². The van der Waals surface area contributed by atoms with Gasteiger partial charge < -0.3 is 19.9 Å². The second-order valence-corrected chi connectivity index (χ2v) is 8.87. The molecule has 3 amide bonds. The summed E-state index contributed by atoms with van der Waals surface area (Å²) >= 11 is 6.51. The van der Waals surface area contributed by atoms with Crippen molar-refractivity contribution in [2.45, 2.75) is 0 Å². The number of imide groups is 1. The van der Waals surface area contributed by atoms with Crippen molar-refractivity contribution in [3.8, 4) is 11.3 Å². The summed E-state index contributed by atoms with van der Waals surface area (Å²) in [6.45, 7) is -0.502. The lowest BCUT2D eigenvalue weighted by molar-refractivity contribution is -0.127. The number of thioether (sulfide) groups is 1. The van der Waals surface area contributed by atoms with Gasteiger partial charge in [0.2, 0.25) is 5.91 Å². The van der Waals surface area contributed by atoms with Crippen LogP contribution in [0.15, 0.2) is 63.9 Å². The molecule has 0 radical (unpaired) electrons. The Morgan fingerprint density at radius 3 is 2.33 bits per heavy atom. The van der Waals surface area contributed by atoms with Crippen LogP contribution in [-0.2, 0) is 9.59 Å². The van der Waals surface area contributed by atoms with Crippen LogP contribution in [0.3, 0.4) is 0 Å². The lowest BCUT2D eigenvalue weighted by Gasteiger charge is -2.12. The van der Waals surface area contributed by atoms with E-state index in [0.29, 0.717) is 22.5 Å². The topological polar surface area (TPSA) is 154 Å². The van der Waals surface area contributed by atoms with E-state index in [4.69, 9.17) is 16.0 Å². The highest BCUT2D eigenvalue weighted by atomic mass is 35.5. The van der Waals surface area contributed by atoms with E-state index in [2.05, 4.69) is 5.32 Å². The normalized spacial score (nSPS) is 14.4. The van der Waals surface area contributed by atoms with E-state index >= 15 is 0 Å². The number of carboxylic acids is 2. The number of benzene rings is 2. The lowest BCUT2D eigenvalue weighted by Crippen LogP contribution is -2.36. The minimum Gasteiger partial charge on any atom is -0.478 e. The van der Waals surface area contributed by atoms with Crippen molar-refractivity contribution in [2.75, 3.05) is 11.9 Å². The summed E-state index contributed by atoms with van der Waals surface area (Å²) < 4.78 is 5.64. The van der Waals surface area contributed by atoms with E-state index in [1.807, 2.05) is 0 Å². The smallest absolute Gasteiger partial charge is 0.335 e. The van der Waals surface area contributed by atoms with Crippen LogP contribution in [0.25, 0.3) is 17.4 Å². The molecule has 0 atom stereocenters. The Labute approximate surface area is 212 Å². The van der Waals surface area contributed by atoms with Crippen LogP contribution in [0.2, 0.25) is 5.02 Å². The van der Waals surface area contributed by atoms with Crippen molar-refractivity contribution in [2.24, 2.45) is 0 Å². The Kier molecular flexibility index (Phi) is 6.95. The fraction of sp³-hybridized carbons (Fsp3) is 0.0417. The van der Waals surface area contributed by atoms with E-state index in [1.54, 1.807) is 18.2 Å². The summed E-state index contributed by atoms with van der Waals surface area (Å²) in [5.74, 6) is -3.57. The Morgan fingerprint density at radius 2 is 1.69 bits per heavy atom. The number of aromatic carboxylic acids is 2. The number of carbonyl (C=O) groups excluding carboxylic acids is 3. The minimum atomic E-state index is -1.31. The van der Waals surface area contributed by atoms with Crippen molar-refractivity contribution in [1.82, 2.24) is 4.90 Å². The van der Waals surface area contributed by atoms with Crippen molar-refractivity contribution in [3.63, 3.8) is 0 Å². The Bertz CT molecular complexity index is 1430. The molecule has 0 bridgehead atoms. The molecule has 182 valence electrons. The average molecular weight is 527 g/mol. The molecule has 1 fully saturated rings. The second kappa shape index (κ2) is 10.1. The van der Waals surface area contributed by atoms with E-state index < -0.39 is 35.5 Å². The van der Waals surface area contributed by atoms with Gasteiger partial charge in [0.25, 0.3) is 11.1 Å². The molecule has 36 heavy (non-hydrogen) atoms. The molecule has 3 aromatic rings. The monoisotopic (exact) mass is 526 g/mol. The summed E-state index contributed by atoms with van der Waals surface area (Å²) in [4.78, 5) is 60.9. The van der Waals surface area contributed by atoms with Gasteiger partial charge in [-0.15, -0.1) is 0 Å². The molecule has 10 nitrogen and oxygen atoms in total. The molecule has 0 aliphatic carbocycles. The molecule has 1 aromatic heterocycles. The van der Waals surface area contributed by atoms with Gasteiger partial charge in [0.05, 0.1) is 16.0 Å². The van der Waals surface area contributed by atoms with Crippen LogP contribution in [0, 0.1) is 0 Å². The SMILES string of the molecule is O=C(CN1C(=O)S/C(=C/c2ccc(-c3cc(C(=O)O)cc(C(=O)O)c3)o2)C1=O)Nc1cccc(Cl)c1. The molecule has 0 unspecified atom stereocenters. The number of amides is 3. The standard InChI is InChI=1S/C24H15ClN2O8S/c25-15-2-1-3-16(9-15)26-20(28)11-27-21(29)19(36-24(27)34)10-17-4-5-18(35-17)12-6-13(22(30)31)8-14(7-12)23(32)33/h1-10H,11H2,(H,26,28)(H,30,31)(H,32,33)/b19-10+. The van der Waals surface area contributed by atoms with Crippen LogP contribution in [0.4, 0.5) is 10.5 Å². The number of carbonyl (C=O) groups is 5. The van der Waals surface area contributed by atoms with Gasteiger partial charge in [-0.3, -0.25) is 19.3 Å². The molecule has 0 spiro atoms. The average Bonchev–Trinajstić information content (AvgIpc) is 3.39. The van der Waals surface area contributed by atoms with E-state index in [1.165, 1.54) is 36.4 Å². The number of hydrogen-bond donors (Lipinski definition) is 3. The highest BCUT2D eigenvalue weighted by Crippen LogP contribution is 2.33. The van der Waals surface area contributed by atoms with Gasteiger partial charge in [-0.05, 0) is 60.3 Å². The van der Waals surface area contributed by atoms with Gasteiger partial charge in [-0.1, -0.05) is 17.7 Å². The maximum absolute atomic E-state index is 12.7. The first-order valence-corrected chi connectivity index (χ1v) is 11.3. The van der Waals surface area contributed by atoms with Crippen molar-refractivity contribution in [3.05, 3.63) is 81.4 Å². The summed E-state index contributed by atoms with van der Waals surface area (Å²) in [7, 11) is 0. The first-order chi connectivity index (χ1) is 17.1. The molecule has 1 saturated heterocycles. The van der Waals surface area contributed by atoms with Crippen LogP contribution < -0.4 is 5.32 Å². The first kappa shape index (κ1) is 24.8. The summed E-state index contributed by atoms with van der Waals surface area (Å²) in [6.07, 6.45) is 1.31. The van der Waals surface area contributed by atoms with E-state index in [9.17, 15) is 34.2 Å². The highest BCUT2D eigenvalue weighted by Gasteiger charge is 2.36.